The molecule has 3 rings (SSSR count). The third-order valence-electron chi connectivity index (χ3n) is 4.30. The summed E-state index contributed by atoms with van der Waals surface area (Å²) in [6, 6.07) is 15.1. The molecule has 13 heteroatoms. The van der Waals surface area contributed by atoms with Gasteiger partial charge >= 0.3 is 0 Å². The highest BCUT2D eigenvalue weighted by molar-refractivity contribution is 7.93. The number of nitro benzene ring substituents is 2. The van der Waals surface area contributed by atoms with E-state index in [0.717, 1.165) is 12.1 Å². The fourth-order valence-electron chi connectivity index (χ4n) is 2.76. The Labute approximate surface area is 187 Å². The van der Waals surface area contributed by atoms with Crippen molar-refractivity contribution in [2.45, 2.75) is 4.90 Å². The van der Waals surface area contributed by atoms with Gasteiger partial charge in [-0.05, 0) is 18.2 Å². The number of para-hydroxylation sites is 2. The standard InChI is InChI=1S/C20H17N5O7S/c1-32-19-8-3-2-7-17(19)23-33(30,31)20-12-16(25(28)29)9-10-18(20)22-21-13-14-5-4-6-15(11-14)24(26)27/h2-13,22-23H,1H3/b21-13-. The van der Waals surface area contributed by atoms with Gasteiger partial charge < -0.3 is 4.74 Å². The smallest absolute Gasteiger partial charge is 0.270 e. The van der Waals surface area contributed by atoms with E-state index in [1.54, 1.807) is 24.3 Å². The second-order valence-corrected chi connectivity index (χ2v) is 8.12. The minimum Gasteiger partial charge on any atom is -0.495 e. The number of methoxy groups -OCH3 is 1. The lowest BCUT2D eigenvalue weighted by atomic mass is 10.2. The van der Waals surface area contributed by atoms with Gasteiger partial charge in [0, 0.05) is 29.8 Å². The van der Waals surface area contributed by atoms with Crippen molar-refractivity contribution in [3.63, 3.8) is 0 Å². The molecule has 0 saturated carbocycles. The van der Waals surface area contributed by atoms with Gasteiger partial charge in [0.1, 0.15) is 10.6 Å². The molecule has 0 amide bonds. The van der Waals surface area contributed by atoms with Crippen molar-refractivity contribution in [1.82, 2.24) is 0 Å². The Kier molecular flexibility index (Phi) is 6.83. The van der Waals surface area contributed by atoms with E-state index in [-0.39, 0.29) is 22.8 Å². The molecule has 33 heavy (non-hydrogen) atoms. The Morgan fingerprint density at radius 3 is 2.30 bits per heavy atom. The number of non-ortho nitro benzene ring substituents is 2. The number of rotatable bonds is 9. The van der Waals surface area contributed by atoms with Crippen LogP contribution < -0.4 is 14.9 Å². The summed E-state index contributed by atoms with van der Waals surface area (Å²) in [5.41, 5.74) is 2.41. The number of hydrogen-bond donors (Lipinski definition) is 2. The van der Waals surface area contributed by atoms with Crippen LogP contribution in [0, 0.1) is 20.2 Å². The number of nitro groups is 2. The van der Waals surface area contributed by atoms with E-state index in [0.29, 0.717) is 5.56 Å². The second-order valence-electron chi connectivity index (χ2n) is 6.47. The Balaban J connectivity index is 1.95. The number of anilines is 2. The molecule has 0 radical (unpaired) electrons. The lowest BCUT2D eigenvalue weighted by molar-refractivity contribution is -0.385. The highest BCUT2D eigenvalue weighted by atomic mass is 32.2. The first kappa shape index (κ1) is 23.1. The van der Waals surface area contributed by atoms with Gasteiger partial charge in [-0.3, -0.25) is 30.4 Å². The number of hydrazone groups is 1. The van der Waals surface area contributed by atoms with Crippen LogP contribution in [-0.2, 0) is 10.0 Å². The van der Waals surface area contributed by atoms with Crippen LogP contribution in [0.2, 0.25) is 0 Å². The molecule has 0 unspecified atom stereocenters. The van der Waals surface area contributed by atoms with E-state index in [4.69, 9.17) is 4.74 Å². The summed E-state index contributed by atoms with van der Waals surface area (Å²) >= 11 is 0. The van der Waals surface area contributed by atoms with E-state index < -0.39 is 30.5 Å². The molecule has 0 heterocycles. The SMILES string of the molecule is COc1ccccc1NS(=O)(=O)c1cc([N+](=O)[O-])ccc1N/N=C\c1cccc([N+](=O)[O-])c1. The molecular weight excluding hydrogens is 454 g/mol. The number of benzene rings is 3. The van der Waals surface area contributed by atoms with Crippen LogP contribution in [0.1, 0.15) is 5.56 Å². The van der Waals surface area contributed by atoms with E-state index in [1.807, 2.05) is 0 Å². The van der Waals surface area contributed by atoms with Crippen molar-refractivity contribution < 1.29 is 23.0 Å². The van der Waals surface area contributed by atoms with Crippen LogP contribution in [-0.4, -0.2) is 31.6 Å². The molecule has 0 atom stereocenters. The van der Waals surface area contributed by atoms with Crippen molar-refractivity contribution >= 4 is 39.0 Å². The molecule has 2 N–H and O–H groups in total. The zero-order valence-corrected chi connectivity index (χ0v) is 17.9. The Bertz CT molecular complexity index is 1340. The Morgan fingerprint density at radius 2 is 1.61 bits per heavy atom. The van der Waals surface area contributed by atoms with Gasteiger partial charge in [0.05, 0.1) is 34.5 Å². The predicted octanol–water partition coefficient (Wildman–Crippen LogP) is 3.76. The third kappa shape index (κ3) is 5.59. The number of nitrogens with one attached hydrogen (secondary N) is 2. The van der Waals surface area contributed by atoms with Crippen LogP contribution in [0.3, 0.4) is 0 Å². The molecule has 12 nitrogen and oxygen atoms in total. The molecule has 3 aromatic rings. The first-order valence-corrected chi connectivity index (χ1v) is 10.7. The summed E-state index contributed by atoms with van der Waals surface area (Å²) in [5, 5.41) is 26.0. The zero-order chi connectivity index (χ0) is 24.0. The van der Waals surface area contributed by atoms with Gasteiger partial charge in [0.2, 0.25) is 0 Å². The molecule has 170 valence electrons. The summed E-state index contributed by atoms with van der Waals surface area (Å²) in [6.07, 6.45) is 1.25. The molecule has 3 aromatic carbocycles. The van der Waals surface area contributed by atoms with E-state index in [9.17, 15) is 28.6 Å². The normalized spacial score (nSPS) is 11.2. The van der Waals surface area contributed by atoms with Crippen LogP contribution in [0.5, 0.6) is 5.75 Å². The Morgan fingerprint density at radius 1 is 0.909 bits per heavy atom. The average molecular weight is 471 g/mol. The third-order valence-corrected chi connectivity index (χ3v) is 5.70. The minimum absolute atomic E-state index is 0.0512. The molecule has 0 aliphatic carbocycles. The van der Waals surface area contributed by atoms with Crippen LogP contribution in [0.15, 0.2) is 76.7 Å². The van der Waals surface area contributed by atoms with Crippen molar-refractivity contribution in [1.29, 1.82) is 0 Å². The second kappa shape index (κ2) is 9.74. The fraction of sp³-hybridized carbons (Fsp3) is 0.0500. The molecule has 0 aliphatic heterocycles. The van der Waals surface area contributed by atoms with Gasteiger partial charge in [0.15, 0.2) is 0 Å². The molecule has 0 fully saturated rings. The lowest BCUT2D eigenvalue weighted by Crippen LogP contribution is -2.15. The van der Waals surface area contributed by atoms with Gasteiger partial charge in [-0.15, -0.1) is 0 Å². The van der Waals surface area contributed by atoms with Crippen molar-refractivity contribution in [3.05, 3.63) is 92.5 Å². The molecule has 0 bridgehead atoms. The van der Waals surface area contributed by atoms with Gasteiger partial charge in [-0.25, -0.2) is 8.42 Å². The van der Waals surface area contributed by atoms with Gasteiger partial charge in [0.25, 0.3) is 21.4 Å². The maximum Gasteiger partial charge on any atom is 0.270 e. The van der Waals surface area contributed by atoms with E-state index in [1.165, 1.54) is 43.7 Å². The Hall–Kier alpha value is -4.52. The zero-order valence-electron chi connectivity index (χ0n) is 17.0. The monoisotopic (exact) mass is 471 g/mol. The first-order chi connectivity index (χ1) is 15.7. The fourth-order valence-corrected chi connectivity index (χ4v) is 4.01. The van der Waals surface area contributed by atoms with Crippen molar-refractivity contribution in [2.24, 2.45) is 5.10 Å². The van der Waals surface area contributed by atoms with Crippen molar-refractivity contribution in [3.8, 4) is 5.75 Å². The first-order valence-electron chi connectivity index (χ1n) is 9.19. The predicted molar refractivity (Wildman–Crippen MR) is 121 cm³/mol. The van der Waals surface area contributed by atoms with E-state index in [2.05, 4.69) is 15.2 Å². The summed E-state index contributed by atoms with van der Waals surface area (Å²) < 4.78 is 33.6. The van der Waals surface area contributed by atoms with Crippen LogP contribution in [0.25, 0.3) is 0 Å². The van der Waals surface area contributed by atoms with Gasteiger partial charge in [-0.2, -0.15) is 5.10 Å². The summed E-state index contributed by atoms with van der Waals surface area (Å²) in [5.74, 6) is 0.254. The summed E-state index contributed by atoms with van der Waals surface area (Å²) in [7, 11) is -2.93. The number of hydrogen-bond acceptors (Lipinski definition) is 9. The number of ether oxygens (including phenoxy) is 1. The largest absolute Gasteiger partial charge is 0.495 e. The number of sulfonamides is 1. The maximum atomic E-state index is 13.1. The molecule has 0 saturated heterocycles. The molecule has 0 spiro atoms. The molecule has 0 aromatic heterocycles. The minimum atomic E-state index is -4.31. The summed E-state index contributed by atoms with van der Waals surface area (Å²) in [6.45, 7) is 0. The maximum absolute atomic E-state index is 13.1. The average Bonchev–Trinajstić information content (AvgIpc) is 2.79. The topological polar surface area (TPSA) is 166 Å². The highest BCUT2D eigenvalue weighted by Crippen LogP contribution is 2.31. The quantitative estimate of drug-likeness (QED) is 0.270. The summed E-state index contributed by atoms with van der Waals surface area (Å²) in [4.78, 5) is 20.4. The number of nitrogens with zero attached hydrogens (tertiary/aromatic N) is 3. The van der Waals surface area contributed by atoms with E-state index >= 15 is 0 Å². The van der Waals surface area contributed by atoms with Crippen molar-refractivity contribution in [2.75, 3.05) is 17.3 Å². The molecular formula is C20H17N5O7S. The van der Waals surface area contributed by atoms with Crippen LogP contribution >= 0.6 is 0 Å². The highest BCUT2D eigenvalue weighted by Gasteiger charge is 2.23. The van der Waals surface area contributed by atoms with Gasteiger partial charge in [-0.1, -0.05) is 24.3 Å². The lowest BCUT2D eigenvalue weighted by Gasteiger charge is -2.14. The molecule has 0 aliphatic rings. The van der Waals surface area contributed by atoms with Crippen LogP contribution in [0.4, 0.5) is 22.7 Å².